The van der Waals surface area contributed by atoms with Crippen LogP contribution in [0.2, 0.25) is 0 Å². The minimum atomic E-state index is -0.649. The van der Waals surface area contributed by atoms with Crippen LogP contribution < -0.4 is 10.1 Å². The quantitative estimate of drug-likeness (QED) is 0.668. The Hall–Kier alpha value is -1.32. The van der Waals surface area contributed by atoms with Crippen LogP contribution in [0.25, 0.3) is 0 Å². The third-order valence-corrected chi connectivity index (χ3v) is 1.89. The minimum absolute atomic E-state index is 0.124. The summed E-state index contributed by atoms with van der Waals surface area (Å²) in [5, 5.41) is 2.90. The lowest BCUT2D eigenvalue weighted by molar-refractivity contribution is 0.306. The Morgan fingerprint density at radius 1 is 1.31 bits per heavy atom. The van der Waals surface area contributed by atoms with Crippen molar-refractivity contribution >= 4 is 5.69 Å². The molecule has 0 spiro atoms. The van der Waals surface area contributed by atoms with Gasteiger partial charge in [0.05, 0.1) is 12.3 Å². The number of rotatable bonds is 0. The van der Waals surface area contributed by atoms with Crippen LogP contribution in [0, 0.1) is 11.6 Å². The van der Waals surface area contributed by atoms with Crippen molar-refractivity contribution in [3.63, 3.8) is 0 Å². The van der Waals surface area contributed by atoms with E-state index in [9.17, 15) is 8.78 Å². The first-order chi connectivity index (χ1) is 6.27. The number of hydrogen-bond acceptors (Lipinski definition) is 2. The van der Waals surface area contributed by atoms with Gasteiger partial charge in [0.15, 0.2) is 11.6 Å². The van der Waals surface area contributed by atoms with Gasteiger partial charge in [-0.15, -0.1) is 0 Å². The van der Waals surface area contributed by atoms with Crippen LogP contribution in [0.1, 0.15) is 6.42 Å². The van der Waals surface area contributed by atoms with Crippen molar-refractivity contribution in [3.8, 4) is 5.75 Å². The van der Waals surface area contributed by atoms with Crippen molar-refractivity contribution in [2.45, 2.75) is 6.42 Å². The SMILES string of the molecule is Fc1cc(F)c2c(c1)NCCCO2. The number of anilines is 1. The molecule has 0 saturated carbocycles. The Balaban J connectivity index is 2.47. The van der Waals surface area contributed by atoms with Gasteiger partial charge in [-0.3, -0.25) is 0 Å². The average molecular weight is 185 g/mol. The summed E-state index contributed by atoms with van der Waals surface area (Å²) in [4.78, 5) is 0. The van der Waals surface area contributed by atoms with Gasteiger partial charge in [-0.2, -0.15) is 0 Å². The number of fused-ring (bicyclic) bond motifs is 1. The van der Waals surface area contributed by atoms with Gasteiger partial charge in [0.25, 0.3) is 0 Å². The van der Waals surface area contributed by atoms with E-state index < -0.39 is 11.6 Å². The van der Waals surface area contributed by atoms with E-state index in [-0.39, 0.29) is 5.75 Å². The standard InChI is InChI=1S/C9H9F2NO/c10-6-4-7(11)9-8(5-6)12-2-1-3-13-9/h4-5,12H,1-3H2. The van der Waals surface area contributed by atoms with Crippen LogP contribution in [-0.2, 0) is 0 Å². The zero-order valence-electron chi connectivity index (χ0n) is 6.94. The normalized spacial score (nSPS) is 15.2. The molecule has 13 heavy (non-hydrogen) atoms. The van der Waals surface area contributed by atoms with Gasteiger partial charge in [0.1, 0.15) is 5.82 Å². The summed E-state index contributed by atoms with van der Waals surface area (Å²) in [7, 11) is 0. The molecule has 0 amide bonds. The zero-order chi connectivity index (χ0) is 9.26. The van der Waals surface area contributed by atoms with Gasteiger partial charge in [-0.05, 0) is 6.42 Å². The van der Waals surface area contributed by atoms with E-state index in [2.05, 4.69) is 5.32 Å². The maximum Gasteiger partial charge on any atom is 0.178 e. The third-order valence-electron chi connectivity index (χ3n) is 1.89. The smallest absolute Gasteiger partial charge is 0.178 e. The van der Waals surface area contributed by atoms with E-state index in [1.54, 1.807) is 0 Å². The minimum Gasteiger partial charge on any atom is -0.488 e. The topological polar surface area (TPSA) is 21.3 Å². The molecule has 0 radical (unpaired) electrons. The van der Waals surface area contributed by atoms with Gasteiger partial charge in [0, 0.05) is 18.7 Å². The summed E-state index contributed by atoms with van der Waals surface area (Å²) >= 11 is 0. The Kier molecular flexibility index (Phi) is 2.04. The van der Waals surface area contributed by atoms with Crippen LogP contribution in [-0.4, -0.2) is 13.2 Å². The molecule has 0 aromatic heterocycles. The molecule has 1 aliphatic rings. The molecular formula is C9H9F2NO. The summed E-state index contributed by atoms with van der Waals surface area (Å²) < 4.78 is 31.0. The molecule has 4 heteroatoms. The molecule has 0 aliphatic carbocycles. The Labute approximate surface area is 74.5 Å². The largest absolute Gasteiger partial charge is 0.488 e. The number of ether oxygens (including phenoxy) is 1. The number of hydrogen-bond donors (Lipinski definition) is 1. The fourth-order valence-corrected chi connectivity index (χ4v) is 1.31. The highest BCUT2D eigenvalue weighted by molar-refractivity contribution is 5.57. The number of nitrogens with one attached hydrogen (secondary N) is 1. The molecule has 2 rings (SSSR count). The van der Waals surface area contributed by atoms with E-state index in [1.165, 1.54) is 6.07 Å². The second kappa shape index (κ2) is 3.20. The van der Waals surface area contributed by atoms with Crippen LogP contribution in [0.15, 0.2) is 12.1 Å². The number of benzene rings is 1. The van der Waals surface area contributed by atoms with E-state index >= 15 is 0 Å². The molecule has 1 aromatic rings. The molecule has 70 valence electrons. The summed E-state index contributed by atoms with van der Waals surface area (Å²) in [5.74, 6) is -1.11. The van der Waals surface area contributed by atoms with Crippen molar-refractivity contribution in [2.24, 2.45) is 0 Å². The first-order valence-electron chi connectivity index (χ1n) is 4.13. The summed E-state index contributed by atoms with van der Waals surface area (Å²) in [5.41, 5.74) is 0.398. The Morgan fingerprint density at radius 3 is 3.00 bits per heavy atom. The predicted molar refractivity (Wildman–Crippen MR) is 45.0 cm³/mol. The van der Waals surface area contributed by atoms with Gasteiger partial charge < -0.3 is 10.1 Å². The average Bonchev–Trinajstić information content (AvgIpc) is 2.28. The molecule has 2 nitrogen and oxygen atoms in total. The molecule has 0 fully saturated rings. The molecule has 1 heterocycles. The highest BCUT2D eigenvalue weighted by Gasteiger charge is 2.14. The van der Waals surface area contributed by atoms with E-state index in [1.807, 2.05) is 0 Å². The molecule has 1 aromatic carbocycles. The van der Waals surface area contributed by atoms with Gasteiger partial charge in [-0.1, -0.05) is 0 Å². The number of halogens is 2. The fourth-order valence-electron chi connectivity index (χ4n) is 1.31. The highest BCUT2D eigenvalue weighted by atomic mass is 19.1. The monoisotopic (exact) mass is 185 g/mol. The first-order valence-corrected chi connectivity index (χ1v) is 4.13. The lowest BCUT2D eigenvalue weighted by atomic mass is 10.2. The van der Waals surface area contributed by atoms with Crippen LogP contribution in [0.5, 0.6) is 5.75 Å². The van der Waals surface area contributed by atoms with E-state index in [0.717, 1.165) is 12.5 Å². The van der Waals surface area contributed by atoms with Crippen LogP contribution >= 0.6 is 0 Å². The van der Waals surface area contributed by atoms with Crippen molar-refractivity contribution in [3.05, 3.63) is 23.8 Å². The summed E-state index contributed by atoms with van der Waals surface area (Å²) in [6.45, 7) is 1.14. The van der Waals surface area contributed by atoms with Gasteiger partial charge >= 0.3 is 0 Å². The molecule has 0 saturated heterocycles. The molecule has 0 atom stereocenters. The van der Waals surface area contributed by atoms with Crippen LogP contribution in [0.4, 0.5) is 14.5 Å². The maximum absolute atomic E-state index is 13.1. The second-order valence-corrected chi connectivity index (χ2v) is 2.89. The van der Waals surface area contributed by atoms with Crippen molar-refractivity contribution < 1.29 is 13.5 Å². The molecule has 1 N–H and O–H groups in total. The summed E-state index contributed by atoms with van der Waals surface area (Å²) in [6, 6.07) is 2.07. The predicted octanol–water partition coefficient (Wildman–Crippen LogP) is 2.16. The third kappa shape index (κ3) is 1.56. The molecule has 0 unspecified atom stereocenters. The first kappa shape index (κ1) is 8.29. The lowest BCUT2D eigenvalue weighted by Crippen LogP contribution is -2.00. The Bertz CT molecular complexity index is 328. The maximum atomic E-state index is 13.1. The van der Waals surface area contributed by atoms with Crippen LogP contribution in [0.3, 0.4) is 0 Å². The molecular weight excluding hydrogens is 176 g/mol. The van der Waals surface area contributed by atoms with Gasteiger partial charge in [0.2, 0.25) is 0 Å². The summed E-state index contributed by atoms with van der Waals surface area (Å²) in [6.07, 6.45) is 0.787. The second-order valence-electron chi connectivity index (χ2n) is 2.89. The molecule has 0 bridgehead atoms. The van der Waals surface area contributed by atoms with Crippen molar-refractivity contribution in [2.75, 3.05) is 18.5 Å². The Morgan fingerprint density at radius 2 is 2.15 bits per heavy atom. The zero-order valence-corrected chi connectivity index (χ0v) is 6.94. The van der Waals surface area contributed by atoms with E-state index in [0.29, 0.717) is 18.8 Å². The fraction of sp³-hybridized carbons (Fsp3) is 0.333. The van der Waals surface area contributed by atoms with Crippen molar-refractivity contribution in [1.82, 2.24) is 0 Å². The van der Waals surface area contributed by atoms with E-state index in [4.69, 9.17) is 4.74 Å². The molecule has 1 aliphatic heterocycles. The lowest BCUT2D eigenvalue weighted by Gasteiger charge is -2.08. The highest BCUT2D eigenvalue weighted by Crippen LogP contribution is 2.30. The van der Waals surface area contributed by atoms with Crippen molar-refractivity contribution in [1.29, 1.82) is 0 Å². The van der Waals surface area contributed by atoms with Gasteiger partial charge in [-0.25, -0.2) is 8.78 Å².